The fourth-order valence-electron chi connectivity index (χ4n) is 2.48. The van der Waals surface area contributed by atoms with Crippen molar-refractivity contribution in [2.24, 2.45) is 0 Å². The van der Waals surface area contributed by atoms with Crippen molar-refractivity contribution in [1.82, 2.24) is 5.32 Å². The fourth-order valence-corrected chi connectivity index (χ4v) is 2.48. The molecule has 1 N–H and O–H groups in total. The number of piperazine rings is 1. The van der Waals surface area contributed by atoms with Gasteiger partial charge in [0.15, 0.2) is 0 Å². The van der Waals surface area contributed by atoms with E-state index < -0.39 is 6.04 Å². The summed E-state index contributed by atoms with van der Waals surface area (Å²) in [5.41, 5.74) is 0.768. The molecule has 1 aliphatic heterocycles. The number of para-hydroxylation sites is 1. The molecular formula is C15H16N4O. The third kappa shape index (κ3) is 2.64. The first-order valence-corrected chi connectivity index (χ1v) is 6.43. The van der Waals surface area contributed by atoms with Crippen LogP contribution < -0.4 is 10.2 Å². The lowest BCUT2D eigenvalue weighted by molar-refractivity contribution is -0.122. The van der Waals surface area contributed by atoms with Crippen LogP contribution in [0.4, 0.5) is 5.69 Å². The van der Waals surface area contributed by atoms with E-state index >= 15 is 0 Å². The normalized spacial score (nSPS) is 21.1. The Morgan fingerprint density at radius 2 is 2.10 bits per heavy atom. The molecule has 0 aromatic heterocycles. The molecule has 2 rings (SSSR count). The van der Waals surface area contributed by atoms with Gasteiger partial charge in [0, 0.05) is 12.1 Å². The zero-order valence-electron chi connectivity index (χ0n) is 11.6. The third-order valence-corrected chi connectivity index (χ3v) is 3.29. The quantitative estimate of drug-likeness (QED) is 0.882. The standard InChI is InChI=1S/C15H16N4O/c1-15(2)10-19(14(20)12(18-15)7-8-16)13-6-4-3-5-11(13)9-17/h3-6,12,18H,7,10H2,1-2H3. The van der Waals surface area contributed by atoms with Gasteiger partial charge in [-0.1, -0.05) is 12.1 Å². The molecule has 20 heavy (non-hydrogen) atoms. The van der Waals surface area contributed by atoms with E-state index in [0.29, 0.717) is 17.8 Å². The molecule has 0 spiro atoms. The number of hydrogen-bond acceptors (Lipinski definition) is 4. The van der Waals surface area contributed by atoms with Crippen molar-refractivity contribution in [1.29, 1.82) is 10.5 Å². The smallest absolute Gasteiger partial charge is 0.245 e. The molecule has 0 saturated carbocycles. The highest BCUT2D eigenvalue weighted by molar-refractivity contribution is 5.99. The highest BCUT2D eigenvalue weighted by Crippen LogP contribution is 2.26. The minimum Gasteiger partial charge on any atom is -0.308 e. The third-order valence-electron chi connectivity index (χ3n) is 3.29. The van der Waals surface area contributed by atoms with Crippen LogP contribution in [0.25, 0.3) is 0 Å². The van der Waals surface area contributed by atoms with Crippen molar-refractivity contribution in [2.45, 2.75) is 31.8 Å². The molecule has 1 fully saturated rings. The van der Waals surface area contributed by atoms with E-state index in [1.807, 2.05) is 19.9 Å². The van der Waals surface area contributed by atoms with Crippen LogP contribution >= 0.6 is 0 Å². The van der Waals surface area contributed by atoms with Crippen LogP contribution in [0.3, 0.4) is 0 Å². The molecule has 1 aromatic carbocycles. The van der Waals surface area contributed by atoms with Gasteiger partial charge in [-0.3, -0.25) is 10.1 Å². The highest BCUT2D eigenvalue weighted by Gasteiger charge is 2.39. The van der Waals surface area contributed by atoms with Crippen molar-refractivity contribution >= 4 is 11.6 Å². The predicted octanol–water partition coefficient (Wildman–Crippen LogP) is 1.56. The van der Waals surface area contributed by atoms with Crippen molar-refractivity contribution in [3.8, 4) is 12.1 Å². The summed E-state index contributed by atoms with van der Waals surface area (Å²) < 4.78 is 0. The second kappa shape index (κ2) is 5.32. The van der Waals surface area contributed by atoms with Gasteiger partial charge >= 0.3 is 0 Å². The van der Waals surface area contributed by atoms with E-state index in [9.17, 15) is 10.1 Å². The number of hydrogen-bond donors (Lipinski definition) is 1. The summed E-state index contributed by atoms with van der Waals surface area (Å²) in [6, 6.07) is 10.6. The second-order valence-electron chi connectivity index (χ2n) is 5.50. The van der Waals surface area contributed by atoms with Gasteiger partial charge in [-0.15, -0.1) is 0 Å². The molecule has 1 atom stereocenters. The van der Waals surface area contributed by atoms with Gasteiger partial charge in [0.25, 0.3) is 0 Å². The van der Waals surface area contributed by atoms with Gasteiger partial charge in [-0.05, 0) is 26.0 Å². The van der Waals surface area contributed by atoms with E-state index in [0.717, 1.165) is 0 Å². The number of nitrogens with one attached hydrogen (secondary N) is 1. The van der Waals surface area contributed by atoms with Crippen LogP contribution in [-0.4, -0.2) is 24.0 Å². The van der Waals surface area contributed by atoms with Gasteiger partial charge in [-0.25, -0.2) is 0 Å². The van der Waals surface area contributed by atoms with Crippen LogP contribution in [0.15, 0.2) is 24.3 Å². The van der Waals surface area contributed by atoms with Crippen LogP contribution in [0, 0.1) is 22.7 Å². The first kappa shape index (κ1) is 14.0. The average Bonchev–Trinajstić information content (AvgIpc) is 2.42. The molecule has 1 aromatic rings. The number of amides is 1. The number of carbonyl (C=O) groups excluding carboxylic acids is 1. The Morgan fingerprint density at radius 1 is 1.40 bits per heavy atom. The fraction of sp³-hybridized carbons (Fsp3) is 0.400. The van der Waals surface area contributed by atoms with Gasteiger partial charge in [0.2, 0.25) is 5.91 Å². The Labute approximate surface area is 118 Å². The van der Waals surface area contributed by atoms with Gasteiger partial charge < -0.3 is 4.90 Å². The van der Waals surface area contributed by atoms with E-state index in [4.69, 9.17) is 5.26 Å². The minimum absolute atomic E-state index is 0.119. The second-order valence-corrected chi connectivity index (χ2v) is 5.50. The Morgan fingerprint density at radius 3 is 2.75 bits per heavy atom. The van der Waals surface area contributed by atoms with Crippen molar-refractivity contribution in [2.75, 3.05) is 11.4 Å². The number of rotatable bonds is 2. The summed E-state index contributed by atoms with van der Waals surface area (Å²) >= 11 is 0. The average molecular weight is 268 g/mol. The van der Waals surface area contributed by atoms with Gasteiger partial charge in [0.05, 0.1) is 23.7 Å². The maximum atomic E-state index is 12.5. The lowest BCUT2D eigenvalue weighted by Gasteiger charge is -2.42. The van der Waals surface area contributed by atoms with E-state index in [1.54, 1.807) is 29.2 Å². The Balaban J connectivity index is 2.42. The summed E-state index contributed by atoms with van der Waals surface area (Å²) in [5, 5.41) is 21.2. The lowest BCUT2D eigenvalue weighted by atomic mass is 9.95. The molecule has 0 aliphatic carbocycles. The molecule has 1 unspecified atom stereocenters. The molecular weight excluding hydrogens is 252 g/mol. The first-order valence-electron chi connectivity index (χ1n) is 6.43. The number of nitriles is 2. The summed E-state index contributed by atoms with van der Waals surface area (Å²) in [6.07, 6.45) is 0.119. The first-order chi connectivity index (χ1) is 9.48. The van der Waals surface area contributed by atoms with Gasteiger partial charge in [0.1, 0.15) is 12.1 Å². The molecule has 102 valence electrons. The number of carbonyl (C=O) groups is 1. The summed E-state index contributed by atoms with van der Waals surface area (Å²) in [4.78, 5) is 14.1. The maximum Gasteiger partial charge on any atom is 0.245 e. The molecule has 0 radical (unpaired) electrons. The van der Waals surface area contributed by atoms with Crippen molar-refractivity contribution in [3.63, 3.8) is 0 Å². The zero-order chi connectivity index (χ0) is 14.8. The molecule has 1 heterocycles. The Bertz CT molecular complexity index is 609. The highest BCUT2D eigenvalue weighted by atomic mass is 16.2. The largest absolute Gasteiger partial charge is 0.308 e. The van der Waals surface area contributed by atoms with Crippen LogP contribution in [0.5, 0.6) is 0 Å². The van der Waals surface area contributed by atoms with E-state index in [1.165, 1.54) is 0 Å². The van der Waals surface area contributed by atoms with Gasteiger partial charge in [-0.2, -0.15) is 10.5 Å². The zero-order valence-corrected chi connectivity index (χ0v) is 11.6. The Kier molecular flexibility index (Phi) is 3.74. The van der Waals surface area contributed by atoms with Crippen molar-refractivity contribution in [3.05, 3.63) is 29.8 Å². The molecule has 1 amide bonds. The maximum absolute atomic E-state index is 12.5. The van der Waals surface area contributed by atoms with Crippen LogP contribution in [0.1, 0.15) is 25.8 Å². The predicted molar refractivity (Wildman–Crippen MR) is 74.7 cm³/mol. The molecule has 1 saturated heterocycles. The van der Waals surface area contributed by atoms with E-state index in [2.05, 4.69) is 11.4 Å². The summed E-state index contributed by atoms with van der Waals surface area (Å²) in [7, 11) is 0. The SMILES string of the molecule is CC1(C)CN(c2ccccc2C#N)C(=O)C(CC#N)N1. The topological polar surface area (TPSA) is 79.9 Å². The summed E-state index contributed by atoms with van der Waals surface area (Å²) in [5.74, 6) is -0.159. The molecule has 5 nitrogen and oxygen atoms in total. The molecule has 1 aliphatic rings. The van der Waals surface area contributed by atoms with Crippen molar-refractivity contribution < 1.29 is 4.79 Å². The monoisotopic (exact) mass is 268 g/mol. The lowest BCUT2D eigenvalue weighted by Crippen LogP contribution is -2.65. The Hall–Kier alpha value is -2.37. The number of benzene rings is 1. The molecule has 0 bridgehead atoms. The van der Waals surface area contributed by atoms with Crippen LogP contribution in [0.2, 0.25) is 0 Å². The summed E-state index contributed by atoms with van der Waals surface area (Å²) in [6.45, 7) is 4.42. The minimum atomic E-state index is -0.532. The van der Waals surface area contributed by atoms with E-state index in [-0.39, 0.29) is 17.9 Å². The molecule has 5 heteroatoms. The van der Waals surface area contributed by atoms with Crippen LogP contribution in [-0.2, 0) is 4.79 Å². The number of anilines is 1. The number of nitrogens with zero attached hydrogens (tertiary/aromatic N) is 3.